The number of pyridine rings is 2. The van der Waals surface area contributed by atoms with Crippen molar-refractivity contribution in [2.75, 3.05) is 11.5 Å². The van der Waals surface area contributed by atoms with E-state index in [1.54, 1.807) is 12.3 Å². The van der Waals surface area contributed by atoms with Crippen LogP contribution in [0, 0.1) is 6.92 Å². The Morgan fingerprint density at radius 3 is 2.65 bits per heavy atom. The molecule has 0 amide bonds. The van der Waals surface area contributed by atoms with Crippen molar-refractivity contribution in [2.24, 2.45) is 0 Å². The first-order valence-corrected chi connectivity index (χ1v) is 6.51. The number of aryl methyl sites for hydroxylation is 1. The maximum absolute atomic E-state index is 6.09. The summed E-state index contributed by atoms with van der Waals surface area (Å²) in [5.41, 5.74) is 14.2. The molecule has 5 heteroatoms. The quantitative estimate of drug-likeness (QED) is 0.718. The Labute approximate surface area is 121 Å². The second-order valence-electron chi connectivity index (χ2n) is 4.65. The summed E-state index contributed by atoms with van der Waals surface area (Å²) in [5.74, 6) is 0.782. The van der Waals surface area contributed by atoms with E-state index in [9.17, 15) is 0 Å². The molecule has 4 N–H and O–H groups in total. The lowest BCUT2D eigenvalue weighted by Gasteiger charge is -2.11. The van der Waals surface area contributed by atoms with Gasteiger partial charge in [-0.2, -0.15) is 0 Å². The van der Waals surface area contributed by atoms with Gasteiger partial charge in [0, 0.05) is 22.2 Å². The number of benzene rings is 1. The first-order valence-electron chi connectivity index (χ1n) is 6.13. The van der Waals surface area contributed by atoms with Crippen LogP contribution in [0.3, 0.4) is 0 Å². The van der Waals surface area contributed by atoms with Crippen LogP contribution in [0.25, 0.3) is 22.0 Å². The number of hydrogen-bond donors (Lipinski definition) is 2. The molecule has 0 aliphatic rings. The number of nitrogens with two attached hydrogens (primary N) is 2. The van der Waals surface area contributed by atoms with Gasteiger partial charge in [-0.05, 0) is 42.1 Å². The van der Waals surface area contributed by atoms with Gasteiger partial charge in [-0.3, -0.25) is 4.98 Å². The maximum atomic E-state index is 6.09. The molecule has 0 saturated heterocycles. The molecule has 3 aromatic rings. The van der Waals surface area contributed by atoms with Gasteiger partial charge in [0.2, 0.25) is 0 Å². The van der Waals surface area contributed by atoms with Crippen LogP contribution in [0.15, 0.2) is 36.5 Å². The number of anilines is 2. The van der Waals surface area contributed by atoms with Crippen LogP contribution >= 0.6 is 11.6 Å². The highest BCUT2D eigenvalue weighted by Crippen LogP contribution is 2.34. The van der Waals surface area contributed by atoms with E-state index in [2.05, 4.69) is 9.97 Å². The smallest absolute Gasteiger partial charge is 0.135 e. The zero-order chi connectivity index (χ0) is 14.3. The molecule has 0 aliphatic heterocycles. The average Bonchev–Trinajstić information content (AvgIpc) is 2.38. The molecule has 0 aliphatic carbocycles. The summed E-state index contributed by atoms with van der Waals surface area (Å²) >= 11 is 6.09. The number of halogens is 1. The fourth-order valence-corrected chi connectivity index (χ4v) is 2.54. The number of fused-ring (bicyclic) bond motifs is 1. The fraction of sp³-hybridized carbons (Fsp3) is 0.0667. The van der Waals surface area contributed by atoms with Gasteiger partial charge in [0.15, 0.2) is 0 Å². The van der Waals surface area contributed by atoms with Gasteiger partial charge >= 0.3 is 0 Å². The number of hydrogen-bond acceptors (Lipinski definition) is 4. The van der Waals surface area contributed by atoms with Crippen LogP contribution in [0.5, 0.6) is 0 Å². The van der Waals surface area contributed by atoms with Crippen LogP contribution < -0.4 is 11.5 Å². The number of nitrogen functional groups attached to an aromatic ring is 2. The molecule has 100 valence electrons. The van der Waals surface area contributed by atoms with Crippen molar-refractivity contribution in [2.45, 2.75) is 6.92 Å². The number of nitrogens with zero attached hydrogens (tertiary/aromatic N) is 2. The standard InChI is InChI=1S/C15H13ClN4/c1-8-6-12(17)20-15(18)13(8)14-11-7-10(16)3-2-9(11)4-5-19-14/h2-7H,1H3,(H4,17,18,20). The molecule has 0 saturated carbocycles. The number of rotatable bonds is 1. The molecule has 0 spiro atoms. The van der Waals surface area contributed by atoms with Gasteiger partial charge in [0.1, 0.15) is 11.6 Å². The van der Waals surface area contributed by atoms with Gasteiger partial charge in [-0.1, -0.05) is 17.7 Å². The second kappa shape index (κ2) is 4.65. The summed E-state index contributed by atoms with van der Waals surface area (Å²) in [6.45, 7) is 1.94. The molecule has 1 aromatic carbocycles. The van der Waals surface area contributed by atoms with Gasteiger partial charge in [-0.25, -0.2) is 4.98 Å². The molecule has 0 unspecified atom stereocenters. The summed E-state index contributed by atoms with van der Waals surface area (Å²) in [4.78, 5) is 8.57. The minimum Gasteiger partial charge on any atom is -0.384 e. The molecule has 0 fully saturated rings. The third kappa shape index (κ3) is 2.04. The van der Waals surface area contributed by atoms with Crippen molar-refractivity contribution in [1.82, 2.24) is 9.97 Å². The predicted molar refractivity (Wildman–Crippen MR) is 83.5 cm³/mol. The molecular formula is C15H13ClN4. The lowest BCUT2D eigenvalue weighted by molar-refractivity contribution is 1.27. The molecule has 2 aromatic heterocycles. The van der Waals surface area contributed by atoms with Crippen LogP contribution in [0.1, 0.15) is 5.56 Å². The summed E-state index contributed by atoms with van der Waals surface area (Å²) < 4.78 is 0. The highest BCUT2D eigenvalue weighted by Gasteiger charge is 2.13. The minimum absolute atomic E-state index is 0.377. The van der Waals surface area contributed by atoms with E-state index in [0.717, 1.165) is 27.6 Å². The van der Waals surface area contributed by atoms with Crippen molar-refractivity contribution in [3.05, 3.63) is 47.1 Å². The summed E-state index contributed by atoms with van der Waals surface area (Å²) in [6.07, 6.45) is 1.75. The van der Waals surface area contributed by atoms with Crippen LogP contribution in [0.4, 0.5) is 11.6 Å². The van der Waals surface area contributed by atoms with Crippen molar-refractivity contribution < 1.29 is 0 Å². The Hall–Kier alpha value is -2.33. The van der Waals surface area contributed by atoms with Gasteiger partial charge in [-0.15, -0.1) is 0 Å². The van der Waals surface area contributed by atoms with Crippen molar-refractivity contribution in [1.29, 1.82) is 0 Å². The molecular weight excluding hydrogens is 272 g/mol. The highest BCUT2D eigenvalue weighted by molar-refractivity contribution is 6.31. The molecule has 4 nitrogen and oxygen atoms in total. The molecule has 0 radical (unpaired) electrons. The average molecular weight is 285 g/mol. The van der Waals surface area contributed by atoms with Crippen LogP contribution in [-0.2, 0) is 0 Å². The topological polar surface area (TPSA) is 77.8 Å². The zero-order valence-electron chi connectivity index (χ0n) is 10.9. The Morgan fingerprint density at radius 2 is 1.90 bits per heavy atom. The van der Waals surface area contributed by atoms with Gasteiger partial charge in [0.05, 0.1) is 5.69 Å². The number of aromatic nitrogens is 2. The Morgan fingerprint density at radius 1 is 1.10 bits per heavy atom. The third-order valence-corrected chi connectivity index (χ3v) is 3.46. The van der Waals surface area contributed by atoms with E-state index in [4.69, 9.17) is 23.1 Å². The Kier molecular flexibility index (Phi) is 2.95. The molecule has 0 atom stereocenters. The SMILES string of the molecule is Cc1cc(N)nc(N)c1-c1nccc2ccc(Cl)cc12. The van der Waals surface area contributed by atoms with E-state index in [1.165, 1.54) is 0 Å². The summed E-state index contributed by atoms with van der Waals surface area (Å²) in [6, 6.07) is 9.42. The lowest BCUT2D eigenvalue weighted by Crippen LogP contribution is -2.02. The first-order chi connectivity index (χ1) is 9.56. The monoisotopic (exact) mass is 284 g/mol. The normalized spacial score (nSPS) is 10.9. The van der Waals surface area contributed by atoms with Crippen molar-refractivity contribution in [3.8, 4) is 11.3 Å². The maximum Gasteiger partial charge on any atom is 0.135 e. The van der Waals surface area contributed by atoms with Gasteiger partial charge < -0.3 is 11.5 Å². The fourth-order valence-electron chi connectivity index (χ4n) is 2.37. The van der Waals surface area contributed by atoms with Gasteiger partial charge in [0.25, 0.3) is 0 Å². The molecule has 0 bridgehead atoms. The van der Waals surface area contributed by atoms with E-state index in [-0.39, 0.29) is 0 Å². The third-order valence-electron chi connectivity index (χ3n) is 3.23. The van der Waals surface area contributed by atoms with E-state index in [0.29, 0.717) is 16.7 Å². The molecule has 2 heterocycles. The van der Waals surface area contributed by atoms with Crippen LogP contribution in [0.2, 0.25) is 5.02 Å². The highest BCUT2D eigenvalue weighted by atomic mass is 35.5. The second-order valence-corrected chi connectivity index (χ2v) is 5.09. The summed E-state index contributed by atoms with van der Waals surface area (Å²) in [7, 11) is 0. The van der Waals surface area contributed by atoms with Crippen molar-refractivity contribution >= 4 is 34.0 Å². The minimum atomic E-state index is 0.377. The largest absolute Gasteiger partial charge is 0.384 e. The molecule has 3 rings (SSSR count). The Bertz CT molecular complexity index is 791. The van der Waals surface area contributed by atoms with Crippen molar-refractivity contribution in [3.63, 3.8) is 0 Å². The van der Waals surface area contributed by atoms with E-state index >= 15 is 0 Å². The zero-order valence-corrected chi connectivity index (χ0v) is 11.6. The van der Waals surface area contributed by atoms with Crippen LogP contribution in [-0.4, -0.2) is 9.97 Å². The lowest BCUT2D eigenvalue weighted by atomic mass is 10.0. The predicted octanol–water partition coefficient (Wildman–Crippen LogP) is 3.42. The summed E-state index contributed by atoms with van der Waals surface area (Å²) in [5, 5.41) is 2.66. The Balaban J connectivity index is 2.38. The first kappa shape index (κ1) is 12.7. The van der Waals surface area contributed by atoms with E-state index in [1.807, 2.05) is 31.2 Å². The molecule has 20 heavy (non-hydrogen) atoms. The van der Waals surface area contributed by atoms with E-state index < -0.39 is 0 Å².